The van der Waals surface area contributed by atoms with Crippen LogP contribution in [0.3, 0.4) is 0 Å². The van der Waals surface area contributed by atoms with E-state index in [9.17, 15) is 9.59 Å². The van der Waals surface area contributed by atoms with Gasteiger partial charge >= 0.3 is 5.97 Å². The van der Waals surface area contributed by atoms with E-state index in [0.717, 1.165) is 24.9 Å². The van der Waals surface area contributed by atoms with Gasteiger partial charge in [-0.15, -0.1) is 0 Å². The summed E-state index contributed by atoms with van der Waals surface area (Å²) in [5, 5.41) is 2.91. The average molecular weight is 261 g/mol. The lowest BCUT2D eigenvalue weighted by molar-refractivity contribution is -0.120. The van der Waals surface area contributed by atoms with Gasteiger partial charge in [0.15, 0.2) is 0 Å². The van der Waals surface area contributed by atoms with E-state index in [4.69, 9.17) is 0 Å². The van der Waals surface area contributed by atoms with Crippen LogP contribution in [0.5, 0.6) is 0 Å². The smallest absolute Gasteiger partial charge is 0.337 e. The summed E-state index contributed by atoms with van der Waals surface area (Å²) in [6, 6.07) is 6.76. The van der Waals surface area contributed by atoms with Crippen LogP contribution in [0.1, 0.15) is 36.5 Å². The number of benzene rings is 1. The first-order valence-corrected chi connectivity index (χ1v) is 6.61. The van der Waals surface area contributed by atoms with Gasteiger partial charge in [0.05, 0.1) is 12.7 Å². The van der Waals surface area contributed by atoms with E-state index in [0.29, 0.717) is 11.5 Å². The van der Waals surface area contributed by atoms with Crippen molar-refractivity contribution in [3.8, 4) is 0 Å². The largest absolute Gasteiger partial charge is 0.465 e. The molecule has 1 aliphatic carbocycles. The molecule has 1 aromatic carbocycles. The van der Waals surface area contributed by atoms with Gasteiger partial charge in [-0.25, -0.2) is 4.79 Å². The quantitative estimate of drug-likeness (QED) is 0.851. The minimum absolute atomic E-state index is 0.0795. The van der Waals surface area contributed by atoms with E-state index >= 15 is 0 Å². The third-order valence-electron chi connectivity index (χ3n) is 3.77. The van der Waals surface area contributed by atoms with Gasteiger partial charge in [0, 0.05) is 11.6 Å². The predicted octanol–water partition coefficient (Wildman–Crippen LogP) is 2.85. The molecule has 1 aliphatic rings. The highest BCUT2D eigenvalue weighted by Crippen LogP contribution is 2.32. The van der Waals surface area contributed by atoms with E-state index in [1.165, 1.54) is 7.11 Å². The summed E-state index contributed by atoms with van der Waals surface area (Å²) in [5.74, 6) is 0.271. The molecule has 2 atom stereocenters. The number of anilines is 1. The lowest BCUT2D eigenvalue weighted by Crippen LogP contribution is -2.24. The number of carbonyl (C=O) groups excluding carboxylic acids is 2. The van der Waals surface area contributed by atoms with Crippen LogP contribution in [-0.2, 0) is 9.53 Å². The summed E-state index contributed by atoms with van der Waals surface area (Å²) >= 11 is 0. The number of esters is 1. The second kappa shape index (κ2) is 5.87. The van der Waals surface area contributed by atoms with Crippen molar-refractivity contribution in [2.45, 2.75) is 26.2 Å². The summed E-state index contributed by atoms with van der Waals surface area (Å²) in [5.41, 5.74) is 1.20. The molecular formula is C15H19NO3. The SMILES string of the molecule is COC(=O)c1ccc(NC(=O)C2CCCC2C)cc1. The molecule has 4 nitrogen and oxygen atoms in total. The van der Waals surface area contributed by atoms with E-state index in [-0.39, 0.29) is 17.8 Å². The number of carbonyl (C=O) groups is 2. The van der Waals surface area contributed by atoms with Crippen LogP contribution in [0.15, 0.2) is 24.3 Å². The molecule has 1 N–H and O–H groups in total. The molecule has 0 radical (unpaired) electrons. The Morgan fingerprint density at radius 1 is 1.21 bits per heavy atom. The van der Waals surface area contributed by atoms with Crippen LogP contribution in [-0.4, -0.2) is 19.0 Å². The monoisotopic (exact) mass is 261 g/mol. The zero-order valence-corrected chi connectivity index (χ0v) is 11.3. The van der Waals surface area contributed by atoms with Crippen molar-refractivity contribution < 1.29 is 14.3 Å². The summed E-state index contributed by atoms with van der Waals surface area (Å²) in [6.07, 6.45) is 3.22. The van der Waals surface area contributed by atoms with Gasteiger partial charge in [-0.2, -0.15) is 0 Å². The fourth-order valence-corrected chi connectivity index (χ4v) is 2.58. The first-order valence-electron chi connectivity index (χ1n) is 6.61. The van der Waals surface area contributed by atoms with Gasteiger partial charge in [-0.05, 0) is 43.0 Å². The topological polar surface area (TPSA) is 55.4 Å². The number of ether oxygens (including phenoxy) is 1. The predicted molar refractivity (Wildman–Crippen MR) is 72.9 cm³/mol. The van der Waals surface area contributed by atoms with Gasteiger partial charge in [0.2, 0.25) is 5.91 Å². The lowest BCUT2D eigenvalue weighted by Gasteiger charge is -2.15. The first kappa shape index (κ1) is 13.6. The van der Waals surface area contributed by atoms with Crippen molar-refractivity contribution in [3.05, 3.63) is 29.8 Å². The third-order valence-corrected chi connectivity index (χ3v) is 3.77. The zero-order chi connectivity index (χ0) is 13.8. The number of hydrogen-bond acceptors (Lipinski definition) is 3. The Kier molecular flexibility index (Phi) is 4.20. The number of nitrogens with one attached hydrogen (secondary N) is 1. The second-order valence-corrected chi connectivity index (χ2v) is 5.07. The molecule has 1 fully saturated rings. The molecule has 0 spiro atoms. The minimum atomic E-state index is -0.373. The molecule has 4 heteroatoms. The Bertz CT molecular complexity index is 467. The van der Waals surface area contributed by atoms with Gasteiger partial charge in [-0.1, -0.05) is 13.3 Å². The summed E-state index contributed by atoms with van der Waals surface area (Å²) in [7, 11) is 1.35. The second-order valence-electron chi connectivity index (χ2n) is 5.07. The molecule has 0 aromatic heterocycles. The minimum Gasteiger partial charge on any atom is -0.465 e. The van der Waals surface area contributed by atoms with Crippen molar-refractivity contribution in [2.24, 2.45) is 11.8 Å². The van der Waals surface area contributed by atoms with E-state index in [1.54, 1.807) is 24.3 Å². The molecule has 0 saturated heterocycles. The average Bonchev–Trinajstić information content (AvgIpc) is 2.85. The van der Waals surface area contributed by atoms with Gasteiger partial charge in [-0.3, -0.25) is 4.79 Å². The maximum Gasteiger partial charge on any atom is 0.337 e. The summed E-state index contributed by atoms with van der Waals surface area (Å²) in [4.78, 5) is 23.4. The van der Waals surface area contributed by atoms with Crippen LogP contribution in [0, 0.1) is 11.8 Å². The molecule has 102 valence electrons. The fraction of sp³-hybridized carbons (Fsp3) is 0.467. The summed E-state index contributed by atoms with van der Waals surface area (Å²) in [6.45, 7) is 2.12. The summed E-state index contributed by atoms with van der Waals surface area (Å²) < 4.78 is 4.63. The first-order chi connectivity index (χ1) is 9.11. The normalized spacial score (nSPS) is 22.0. The van der Waals surface area contributed by atoms with Gasteiger partial charge in [0.25, 0.3) is 0 Å². The van der Waals surface area contributed by atoms with Crippen LogP contribution in [0.25, 0.3) is 0 Å². The van der Waals surface area contributed by atoms with Crippen molar-refractivity contribution in [3.63, 3.8) is 0 Å². The molecule has 0 bridgehead atoms. The fourth-order valence-electron chi connectivity index (χ4n) is 2.58. The Labute approximate surface area is 113 Å². The lowest BCUT2D eigenvalue weighted by atomic mass is 9.97. The van der Waals surface area contributed by atoms with E-state index in [1.807, 2.05) is 0 Å². The van der Waals surface area contributed by atoms with Crippen LogP contribution in [0.2, 0.25) is 0 Å². The molecule has 1 amide bonds. The third kappa shape index (κ3) is 3.13. The highest BCUT2D eigenvalue weighted by molar-refractivity contribution is 5.94. The van der Waals surface area contributed by atoms with Crippen LogP contribution in [0.4, 0.5) is 5.69 Å². The highest BCUT2D eigenvalue weighted by Gasteiger charge is 2.29. The van der Waals surface area contributed by atoms with Gasteiger partial charge < -0.3 is 10.1 Å². The standard InChI is InChI=1S/C15H19NO3/c1-10-4-3-5-13(10)14(17)16-12-8-6-11(7-9-12)15(18)19-2/h6-10,13H,3-5H2,1-2H3,(H,16,17). The van der Waals surface area contributed by atoms with Crippen molar-refractivity contribution in [2.75, 3.05) is 12.4 Å². The number of hydrogen-bond donors (Lipinski definition) is 1. The Balaban J connectivity index is 1.99. The van der Waals surface area contributed by atoms with Crippen molar-refractivity contribution in [1.29, 1.82) is 0 Å². The zero-order valence-electron chi connectivity index (χ0n) is 11.3. The van der Waals surface area contributed by atoms with E-state index < -0.39 is 0 Å². The van der Waals surface area contributed by atoms with Crippen LogP contribution < -0.4 is 5.32 Å². The molecule has 1 aromatic rings. The Hall–Kier alpha value is -1.84. The molecule has 0 heterocycles. The number of rotatable bonds is 3. The van der Waals surface area contributed by atoms with Crippen molar-refractivity contribution >= 4 is 17.6 Å². The van der Waals surface area contributed by atoms with E-state index in [2.05, 4.69) is 17.0 Å². The number of methoxy groups -OCH3 is 1. The Morgan fingerprint density at radius 3 is 2.42 bits per heavy atom. The Morgan fingerprint density at radius 2 is 1.89 bits per heavy atom. The van der Waals surface area contributed by atoms with Gasteiger partial charge in [0.1, 0.15) is 0 Å². The van der Waals surface area contributed by atoms with Crippen molar-refractivity contribution in [1.82, 2.24) is 0 Å². The molecule has 2 rings (SSSR count). The molecule has 19 heavy (non-hydrogen) atoms. The maximum absolute atomic E-state index is 12.1. The molecule has 0 aliphatic heterocycles. The van der Waals surface area contributed by atoms with Crippen LogP contribution >= 0.6 is 0 Å². The maximum atomic E-state index is 12.1. The highest BCUT2D eigenvalue weighted by atomic mass is 16.5. The molecule has 1 saturated carbocycles. The number of amides is 1. The molecular weight excluding hydrogens is 242 g/mol. The molecule has 2 unspecified atom stereocenters.